The van der Waals surface area contributed by atoms with Crippen molar-refractivity contribution in [3.63, 3.8) is 0 Å². The van der Waals surface area contributed by atoms with Crippen LogP contribution >= 0.6 is 0 Å². The molecule has 27 heavy (non-hydrogen) atoms. The van der Waals surface area contributed by atoms with E-state index in [0.717, 1.165) is 55.0 Å². The van der Waals surface area contributed by atoms with Crippen molar-refractivity contribution in [2.75, 3.05) is 0 Å². The predicted molar refractivity (Wildman–Crippen MR) is 101 cm³/mol. The zero-order valence-electron chi connectivity index (χ0n) is 15.0. The van der Waals surface area contributed by atoms with Gasteiger partial charge in [-0.15, -0.1) is 0 Å². The van der Waals surface area contributed by atoms with E-state index in [-0.39, 0.29) is 11.7 Å². The summed E-state index contributed by atoms with van der Waals surface area (Å²) in [6.07, 6.45) is 5.73. The molecule has 138 valence electrons. The topological polar surface area (TPSA) is 59.8 Å². The van der Waals surface area contributed by atoms with Crippen LogP contribution in [0.15, 0.2) is 48.7 Å². The van der Waals surface area contributed by atoms with Crippen molar-refractivity contribution in [2.24, 2.45) is 0 Å². The molecule has 0 atom stereocenters. The highest BCUT2D eigenvalue weighted by atomic mass is 19.1. The number of nitrogens with zero attached hydrogens (tertiary/aromatic N) is 3. The molecule has 0 fully saturated rings. The molecule has 0 spiro atoms. The molecule has 0 radical (unpaired) electrons. The summed E-state index contributed by atoms with van der Waals surface area (Å²) in [5.41, 5.74) is 3.05. The molecule has 6 heteroatoms. The van der Waals surface area contributed by atoms with Crippen molar-refractivity contribution < 1.29 is 9.18 Å². The van der Waals surface area contributed by atoms with Gasteiger partial charge in [0.05, 0.1) is 17.9 Å². The fourth-order valence-corrected chi connectivity index (χ4v) is 3.48. The van der Waals surface area contributed by atoms with E-state index in [1.807, 2.05) is 18.2 Å². The maximum Gasteiger partial charge on any atom is 0.272 e. The Hall–Kier alpha value is -3.02. The van der Waals surface area contributed by atoms with Crippen molar-refractivity contribution in [2.45, 2.75) is 38.8 Å². The minimum Gasteiger partial charge on any atom is -0.345 e. The summed E-state index contributed by atoms with van der Waals surface area (Å²) in [5, 5.41) is 2.92. The van der Waals surface area contributed by atoms with Crippen LogP contribution in [0.2, 0.25) is 0 Å². The van der Waals surface area contributed by atoms with E-state index in [4.69, 9.17) is 0 Å². The van der Waals surface area contributed by atoms with Gasteiger partial charge < -0.3 is 9.88 Å². The summed E-state index contributed by atoms with van der Waals surface area (Å²) in [4.78, 5) is 21.7. The number of amides is 1. The van der Waals surface area contributed by atoms with Gasteiger partial charge in [-0.2, -0.15) is 0 Å². The van der Waals surface area contributed by atoms with Gasteiger partial charge >= 0.3 is 0 Å². The van der Waals surface area contributed by atoms with Gasteiger partial charge in [0, 0.05) is 18.3 Å². The van der Waals surface area contributed by atoms with Gasteiger partial charge in [0.25, 0.3) is 5.91 Å². The number of imidazole rings is 1. The molecule has 0 saturated carbocycles. The third kappa shape index (κ3) is 3.74. The Labute approximate surface area is 157 Å². The van der Waals surface area contributed by atoms with Gasteiger partial charge in [-0.25, -0.2) is 9.37 Å². The maximum atomic E-state index is 13.3. The first-order chi connectivity index (χ1) is 13.2. The highest BCUT2D eigenvalue weighted by Crippen LogP contribution is 2.27. The molecule has 5 nitrogen and oxygen atoms in total. The first kappa shape index (κ1) is 17.4. The molecule has 1 amide bonds. The third-order valence-corrected chi connectivity index (χ3v) is 4.84. The molecular formula is C21H21FN4O. The molecular weight excluding hydrogens is 343 g/mol. The number of benzene rings is 1. The summed E-state index contributed by atoms with van der Waals surface area (Å²) >= 11 is 0. The Morgan fingerprint density at radius 2 is 1.96 bits per heavy atom. The predicted octanol–water partition coefficient (Wildman–Crippen LogP) is 3.74. The zero-order valence-corrected chi connectivity index (χ0v) is 15.0. The van der Waals surface area contributed by atoms with Crippen molar-refractivity contribution in [1.29, 1.82) is 0 Å². The molecule has 0 unspecified atom stereocenters. The van der Waals surface area contributed by atoms with E-state index >= 15 is 0 Å². The van der Waals surface area contributed by atoms with Gasteiger partial charge in [0.1, 0.15) is 17.3 Å². The second-order valence-corrected chi connectivity index (χ2v) is 6.70. The molecule has 1 aliphatic heterocycles. The third-order valence-electron chi connectivity index (χ3n) is 4.84. The molecule has 4 rings (SSSR count). The van der Waals surface area contributed by atoms with Crippen LogP contribution in [-0.2, 0) is 19.5 Å². The molecule has 2 aromatic heterocycles. The summed E-state index contributed by atoms with van der Waals surface area (Å²) in [7, 11) is 0. The molecule has 0 saturated heterocycles. The maximum absolute atomic E-state index is 13.3. The Bertz CT molecular complexity index is 935. The monoisotopic (exact) mass is 364 g/mol. The minimum atomic E-state index is -0.283. The first-order valence-corrected chi connectivity index (χ1v) is 9.26. The van der Waals surface area contributed by atoms with Crippen molar-refractivity contribution in [3.05, 3.63) is 71.6 Å². The van der Waals surface area contributed by atoms with Crippen LogP contribution in [-0.4, -0.2) is 20.4 Å². The van der Waals surface area contributed by atoms with Gasteiger partial charge in [-0.05, 0) is 55.7 Å². The lowest BCUT2D eigenvalue weighted by Gasteiger charge is -2.09. The van der Waals surface area contributed by atoms with E-state index in [2.05, 4.69) is 19.9 Å². The number of pyridine rings is 1. The quantitative estimate of drug-likeness (QED) is 0.767. The van der Waals surface area contributed by atoms with Crippen LogP contribution in [0.3, 0.4) is 0 Å². The number of nitrogens with one attached hydrogen (secondary N) is 1. The van der Waals surface area contributed by atoms with E-state index in [9.17, 15) is 9.18 Å². The SMILES string of the molecule is O=C(NCc1ccccn1)c1nc(-c2ccc(F)cc2)n2c1CCCCC2. The summed E-state index contributed by atoms with van der Waals surface area (Å²) in [6.45, 7) is 1.18. The summed E-state index contributed by atoms with van der Waals surface area (Å²) in [6, 6.07) is 11.9. The lowest BCUT2D eigenvalue weighted by molar-refractivity contribution is 0.0944. The van der Waals surface area contributed by atoms with Gasteiger partial charge in [-0.1, -0.05) is 12.5 Å². The van der Waals surface area contributed by atoms with Crippen molar-refractivity contribution >= 4 is 5.91 Å². The van der Waals surface area contributed by atoms with Crippen LogP contribution in [0.5, 0.6) is 0 Å². The van der Waals surface area contributed by atoms with E-state index in [0.29, 0.717) is 12.2 Å². The second kappa shape index (κ2) is 7.70. The van der Waals surface area contributed by atoms with Crippen molar-refractivity contribution in [3.8, 4) is 11.4 Å². The number of rotatable bonds is 4. The minimum absolute atomic E-state index is 0.195. The van der Waals surface area contributed by atoms with Crippen LogP contribution in [0.4, 0.5) is 4.39 Å². The van der Waals surface area contributed by atoms with Crippen molar-refractivity contribution in [1.82, 2.24) is 19.9 Å². The average Bonchev–Trinajstić information content (AvgIpc) is 2.89. The number of hydrogen-bond donors (Lipinski definition) is 1. The van der Waals surface area contributed by atoms with Gasteiger partial charge in [-0.3, -0.25) is 9.78 Å². The van der Waals surface area contributed by atoms with Crippen LogP contribution in [0, 0.1) is 5.82 Å². The van der Waals surface area contributed by atoms with Crippen LogP contribution in [0.25, 0.3) is 11.4 Å². The van der Waals surface area contributed by atoms with Crippen LogP contribution in [0.1, 0.15) is 41.1 Å². The van der Waals surface area contributed by atoms with Gasteiger partial charge in [0.15, 0.2) is 0 Å². The molecule has 0 aliphatic carbocycles. The van der Waals surface area contributed by atoms with Crippen LogP contribution < -0.4 is 5.32 Å². The number of hydrogen-bond acceptors (Lipinski definition) is 3. The highest BCUT2D eigenvalue weighted by molar-refractivity contribution is 5.94. The van der Waals surface area contributed by atoms with Gasteiger partial charge in [0.2, 0.25) is 0 Å². The molecule has 1 N–H and O–H groups in total. The Morgan fingerprint density at radius 1 is 1.11 bits per heavy atom. The lowest BCUT2D eigenvalue weighted by Crippen LogP contribution is -2.25. The fourth-order valence-electron chi connectivity index (χ4n) is 3.48. The molecule has 1 aromatic carbocycles. The number of carbonyl (C=O) groups is 1. The molecule has 1 aliphatic rings. The van der Waals surface area contributed by atoms with E-state index in [1.165, 1.54) is 12.1 Å². The standard InChI is InChI=1S/C21H21FN4O/c22-16-10-8-15(9-11-16)20-25-19(18-7-2-1-5-13-26(18)20)21(27)24-14-17-6-3-4-12-23-17/h3-4,6,8-12H,1-2,5,7,13-14H2,(H,24,27). The molecule has 3 aromatic rings. The Kier molecular flexibility index (Phi) is 4.96. The normalized spacial score (nSPS) is 13.7. The Morgan fingerprint density at radius 3 is 2.74 bits per heavy atom. The largest absolute Gasteiger partial charge is 0.345 e. The number of fused-ring (bicyclic) bond motifs is 1. The number of carbonyl (C=O) groups excluding carboxylic acids is 1. The average molecular weight is 364 g/mol. The molecule has 0 bridgehead atoms. The number of aromatic nitrogens is 3. The smallest absolute Gasteiger partial charge is 0.272 e. The summed E-state index contributed by atoms with van der Waals surface area (Å²) < 4.78 is 15.4. The lowest BCUT2D eigenvalue weighted by atomic mass is 10.1. The van der Waals surface area contributed by atoms with E-state index in [1.54, 1.807) is 18.3 Å². The number of halogens is 1. The summed E-state index contributed by atoms with van der Waals surface area (Å²) in [5.74, 6) is 0.254. The molecule has 3 heterocycles. The highest BCUT2D eigenvalue weighted by Gasteiger charge is 2.24. The zero-order chi connectivity index (χ0) is 18.6. The fraction of sp³-hybridized carbons (Fsp3) is 0.286. The van der Waals surface area contributed by atoms with E-state index < -0.39 is 0 Å². The Balaban J connectivity index is 1.65. The first-order valence-electron chi connectivity index (χ1n) is 9.26. The second-order valence-electron chi connectivity index (χ2n) is 6.70.